The minimum atomic E-state index is 0.0779. The highest BCUT2D eigenvalue weighted by atomic mass is 16.5. The predicted octanol–water partition coefficient (Wildman–Crippen LogP) is 4.07. The summed E-state index contributed by atoms with van der Waals surface area (Å²) in [6, 6.07) is 13.8. The number of hydrogen-bond donors (Lipinski definition) is 1. The number of nitrogens with zero attached hydrogens (tertiary/aromatic N) is 1. The van der Waals surface area contributed by atoms with Gasteiger partial charge in [-0.05, 0) is 45.4 Å². The summed E-state index contributed by atoms with van der Waals surface area (Å²) in [6.07, 6.45) is 0. The molecule has 0 unspecified atom stereocenters. The van der Waals surface area contributed by atoms with Crippen LogP contribution < -0.4 is 10.1 Å². The van der Waals surface area contributed by atoms with E-state index in [2.05, 4.69) is 31.1 Å². The van der Waals surface area contributed by atoms with Crippen LogP contribution in [0.5, 0.6) is 11.6 Å². The molecule has 2 rings (SSSR count). The molecule has 1 aromatic heterocycles. The number of rotatable bonds is 4. The Bertz CT molecular complexity index is 573. The van der Waals surface area contributed by atoms with Gasteiger partial charge in [-0.3, -0.25) is 0 Å². The van der Waals surface area contributed by atoms with Gasteiger partial charge in [-0.1, -0.05) is 24.3 Å². The zero-order valence-corrected chi connectivity index (χ0v) is 12.6. The van der Waals surface area contributed by atoms with Crippen molar-refractivity contribution in [2.45, 2.75) is 39.8 Å². The molecule has 1 N–H and O–H groups in total. The molecule has 1 aromatic carbocycles. The van der Waals surface area contributed by atoms with Crippen LogP contribution in [0, 0.1) is 6.92 Å². The van der Waals surface area contributed by atoms with E-state index in [0.29, 0.717) is 5.88 Å². The molecule has 0 saturated carbocycles. The summed E-state index contributed by atoms with van der Waals surface area (Å²) in [4.78, 5) is 4.53. The smallest absolute Gasteiger partial charge is 0.219 e. The zero-order chi connectivity index (χ0) is 14.6. The summed E-state index contributed by atoms with van der Waals surface area (Å²) in [7, 11) is 0. The second-order valence-electron chi connectivity index (χ2n) is 5.94. The van der Waals surface area contributed by atoms with Crippen molar-refractivity contribution < 1.29 is 4.74 Å². The molecule has 0 aliphatic carbocycles. The lowest BCUT2D eigenvalue weighted by Crippen LogP contribution is -2.35. The number of nitrogens with one attached hydrogen (secondary N) is 1. The first-order valence-electron chi connectivity index (χ1n) is 6.88. The Morgan fingerprint density at radius 1 is 1.05 bits per heavy atom. The van der Waals surface area contributed by atoms with Gasteiger partial charge in [-0.15, -0.1) is 0 Å². The van der Waals surface area contributed by atoms with Gasteiger partial charge in [0.2, 0.25) is 5.88 Å². The van der Waals surface area contributed by atoms with Crippen molar-refractivity contribution in [2.75, 3.05) is 0 Å². The van der Waals surface area contributed by atoms with Crippen LogP contribution in [0.3, 0.4) is 0 Å². The molecule has 0 aliphatic rings. The third kappa shape index (κ3) is 4.35. The quantitative estimate of drug-likeness (QED) is 0.909. The van der Waals surface area contributed by atoms with E-state index in [-0.39, 0.29) is 5.54 Å². The number of para-hydroxylation sites is 1. The molecule has 0 aliphatic heterocycles. The summed E-state index contributed by atoms with van der Waals surface area (Å²) in [5, 5.41) is 3.42. The SMILES string of the molecule is Cc1ccccc1Oc1cccc(CNC(C)(C)C)n1. The molecule has 3 heteroatoms. The minimum Gasteiger partial charge on any atom is -0.439 e. The van der Waals surface area contributed by atoms with Gasteiger partial charge in [0.25, 0.3) is 0 Å². The van der Waals surface area contributed by atoms with Crippen LogP contribution in [0.1, 0.15) is 32.0 Å². The molecule has 3 nitrogen and oxygen atoms in total. The lowest BCUT2D eigenvalue weighted by Gasteiger charge is -2.20. The highest BCUT2D eigenvalue weighted by Gasteiger charge is 2.09. The predicted molar refractivity (Wildman–Crippen MR) is 82.1 cm³/mol. The zero-order valence-electron chi connectivity index (χ0n) is 12.6. The largest absolute Gasteiger partial charge is 0.439 e. The normalized spacial score (nSPS) is 11.4. The molecule has 0 atom stereocenters. The van der Waals surface area contributed by atoms with Crippen molar-refractivity contribution in [2.24, 2.45) is 0 Å². The first-order chi connectivity index (χ1) is 9.44. The third-order valence-corrected chi connectivity index (χ3v) is 2.89. The summed E-state index contributed by atoms with van der Waals surface area (Å²) in [6.45, 7) is 9.18. The monoisotopic (exact) mass is 270 g/mol. The van der Waals surface area contributed by atoms with Crippen LogP contribution >= 0.6 is 0 Å². The molecule has 1 heterocycles. The fourth-order valence-electron chi connectivity index (χ4n) is 1.75. The average molecular weight is 270 g/mol. The Morgan fingerprint density at radius 2 is 1.80 bits per heavy atom. The van der Waals surface area contributed by atoms with Crippen molar-refractivity contribution in [3.63, 3.8) is 0 Å². The summed E-state index contributed by atoms with van der Waals surface area (Å²) >= 11 is 0. The van der Waals surface area contributed by atoms with Gasteiger partial charge in [0.05, 0.1) is 5.69 Å². The van der Waals surface area contributed by atoms with Crippen molar-refractivity contribution in [1.29, 1.82) is 0 Å². The van der Waals surface area contributed by atoms with Crippen molar-refractivity contribution >= 4 is 0 Å². The Morgan fingerprint density at radius 3 is 2.50 bits per heavy atom. The molecule has 0 spiro atoms. The summed E-state index contributed by atoms with van der Waals surface area (Å²) in [5.74, 6) is 1.48. The lowest BCUT2D eigenvalue weighted by atomic mass is 10.1. The van der Waals surface area contributed by atoms with Gasteiger partial charge in [-0.2, -0.15) is 0 Å². The fraction of sp³-hybridized carbons (Fsp3) is 0.353. The summed E-state index contributed by atoms with van der Waals surface area (Å²) < 4.78 is 5.84. The Balaban J connectivity index is 2.08. The van der Waals surface area contributed by atoms with Crippen LogP contribution in [-0.2, 0) is 6.54 Å². The number of hydrogen-bond acceptors (Lipinski definition) is 3. The van der Waals surface area contributed by atoms with Gasteiger partial charge in [0, 0.05) is 18.2 Å². The second-order valence-corrected chi connectivity index (χ2v) is 5.94. The van der Waals surface area contributed by atoms with Gasteiger partial charge >= 0.3 is 0 Å². The molecule has 0 saturated heterocycles. The van der Waals surface area contributed by atoms with E-state index in [9.17, 15) is 0 Å². The molecule has 2 aromatic rings. The molecule has 0 fully saturated rings. The van der Waals surface area contributed by atoms with Gasteiger partial charge in [-0.25, -0.2) is 4.98 Å². The van der Waals surface area contributed by atoms with Gasteiger partial charge in [0.15, 0.2) is 0 Å². The first-order valence-corrected chi connectivity index (χ1v) is 6.88. The van der Waals surface area contributed by atoms with Gasteiger partial charge < -0.3 is 10.1 Å². The third-order valence-electron chi connectivity index (χ3n) is 2.89. The van der Waals surface area contributed by atoms with E-state index in [0.717, 1.165) is 23.6 Å². The van der Waals surface area contributed by atoms with Crippen molar-refractivity contribution in [3.05, 3.63) is 53.7 Å². The van der Waals surface area contributed by atoms with Crippen LogP contribution in [0.4, 0.5) is 0 Å². The molecular weight excluding hydrogens is 248 g/mol. The number of ether oxygens (including phenoxy) is 1. The molecular formula is C17H22N2O. The first kappa shape index (κ1) is 14.5. The topological polar surface area (TPSA) is 34.1 Å². The Hall–Kier alpha value is -1.87. The van der Waals surface area contributed by atoms with E-state index in [1.807, 2.05) is 49.4 Å². The molecule has 0 amide bonds. The van der Waals surface area contributed by atoms with E-state index in [1.54, 1.807) is 0 Å². The lowest BCUT2D eigenvalue weighted by molar-refractivity contribution is 0.415. The van der Waals surface area contributed by atoms with Crippen LogP contribution in [0.25, 0.3) is 0 Å². The van der Waals surface area contributed by atoms with E-state index < -0.39 is 0 Å². The summed E-state index contributed by atoms with van der Waals surface area (Å²) in [5.41, 5.74) is 2.16. The highest BCUT2D eigenvalue weighted by molar-refractivity contribution is 5.35. The van der Waals surface area contributed by atoms with Crippen LogP contribution in [0.2, 0.25) is 0 Å². The van der Waals surface area contributed by atoms with E-state index >= 15 is 0 Å². The average Bonchev–Trinajstić information content (AvgIpc) is 2.39. The van der Waals surface area contributed by atoms with Gasteiger partial charge in [0.1, 0.15) is 5.75 Å². The van der Waals surface area contributed by atoms with Crippen LogP contribution in [0.15, 0.2) is 42.5 Å². The highest BCUT2D eigenvalue weighted by Crippen LogP contribution is 2.23. The standard InChI is InChI=1S/C17H22N2O/c1-13-8-5-6-10-15(13)20-16-11-7-9-14(19-16)12-18-17(2,3)4/h5-11,18H,12H2,1-4H3. The van der Waals surface area contributed by atoms with Crippen molar-refractivity contribution in [3.8, 4) is 11.6 Å². The van der Waals surface area contributed by atoms with Crippen LogP contribution in [-0.4, -0.2) is 10.5 Å². The molecule has 106 valence electrons. The maximum Gasteiger partial charge on any atom is 0.219 e. The number of aryl methyl sites for hydroxylation is 1. The number of pyridine rings is 1. The van der Waals surface area contributed by atoms with E-state index in [1.165, 1.54) is 0 Å². The maximum atomic E-state index is 5.84. The number of benzene rings is 1. The maximum absolute atomic E-state index is 5.84. The molecule has 0 bridgehead atoms. The molecule has 20 heavy (non-hydrogen) atoms. The van der Waals surface area contributed by atoms with E-state index in [4.69, 9.17) is 4.74 Å². The Kier molecular flexibility index (Phi) is 4.40. The fourth-order valence-corrected chi connectivity index (χ4v) is 1.75. The molecule has 0 radical (unpaired) electrons. The van der Waals surface area contributed by atoms with Crippen molar-refractivity contribution in [1.82, 2.24) is 10.3 Å². The minimum absolute atomic E-state index is 0.0779. The second kappa shape index (κ2) is 6.06. The Labute approximate surface area is 121 Å². The number of aromatic nitrogens is 1.